The number of nitrogens with one attached hydrogen (secondary N) is 1. The zero-order valence-corrected chi connectivity index (χ0v) is 11.2. The normalized spacial score (nSPS) is 12.9. The molecule has 0 bridgehead atoms. The highest BCUT2D eigenvalue weighted by atomic mass is 16.5. The predicted molar refractivity (Wildman–Crippen MR) is 65.8 cm³/mol. The Morgan fingerprint density at radius 1 is 1.39 bits per heavy atom. The lowest BCUT2D eigenvalue weighted by Gasteiger charge is -2.27. The van der Waals surface area contributed by atoms with Gasteiger partial charge in [-0.1, -0.05) is 20.8 Å². The number of carbonyl (C=O) groups excluding carboxylic acids is 2. The van der Waals surface area contributed by atoms with Gasteiger partial charge in [0.1, 0.15) is 6.10 Å². The van der Waals surface area contributed by atoms with Gasteiger partial charge in [0, 0.05) is 12.0 Å². The van der Waals surface area contributed by atoms with Crippen LogP contribution in [-0.2, 0) is 14.3 Å². The van der Waals surface area contributed by atoms with Gasteiger partial charge < -0.3 is 20.3 Å². The van der Waals surface area contributed by atoms with Crippen molar-refractivity contribution in [3.05, 3.63) is 0 Å². The lowest BCUT2D eigenvalue weighted by Crippen LogP contribution is -2.46. The topological polar surface area (TPSA) is 95.9 Å². The van der Waals surface area contributed by atoms with E-state index in [4.69, 9.17) is 9.84 Å². The number of carbonyl (C=O) groups is 2. The maximum atomic E-state index is 11.5. The van der Waals surface area contributed by atoms with E-state index >= 15 is 0 Å². The molecule has 1 atom stereocenters. The second-order valence-electron chi connectivity index (χ2n) is 4.81. The lowest BCUT2D eigenvalue weighted by molar-refractivity contribution is -0.143. The van der Waals surface area contributed by atoms with E-state index in [1.807, 2.05) is 6.92 Å². The molecule has 0 aromatic heterocycles. The SMILES string of the molecule is CCCOC(=O)CCNC(=O)C(O)C(C)(C)CO. The molecule has 0 aliphatic heterocycles. The van der Waals surface area contributed by atoms with Crippen molar-refractivity contribution in [2.24, 2.45) is 5.41 Å². The number of amides is 1. The zero-order valence-electron chi connectivity index (χ0n) is 11.2. The number of ether oxygens (including phenoxy) is 1. The van der Waals surface area contributed by atoms with Gasteiger partial charge in [0.05, 0.1) is 19.6 Å². The van der Waals surface area contributed by atoms with Gasteiger partial charge >= 0.3 is 5.97 Å². The third-order valence-electron chi connectivity index (χ3n) is 2.49. The summed E-state index contributed by atoms with van der Waals surface area (Å²) in [4.78, 5) is 22.7. The van der Waals surface area contributed by atoms with Crippen LogP contribution in [0.2, 0.25) is 0 Å². The molecule has 0 heterocycles. The van der Waals surface area contributed by atoms with Gasteiger partial charge in [-0.2, -0.15) is 0 Å². The maximum absolute atomic E-state index is 11.5. The van der Waals surface area contributed by atoms with Crippen molar-refractivity contribution in [3.8, 4) is 0 Å². The molecule has 6 heteroatoms. The molecule has 0 aliphatic rings. The largest absolute Gasteiger partial charge is 0.466 e. The minimum Gasteiger partial charge on any atom is -0.466 e. The third kappa shape index (κ3) is 5.97. The number of esters is 1. The van der Waals surface area contributed by atoms with Gasteiger partial charge in [0.15, 0.2) is 0 Å². The first-order chi connectivity index (χ1) is 8.35. The highest BCUT2D eigenvalue weighted by Crippen LogP contribution is 2.19. The molecule has 0 rings (SSSR count). The molecule has 0 spiro atoms. The summed E-state index contributed by atoms with van der Waals surface area (Å²) in [6, 6.07) is 0. The second-order valence-corrected chi connectivity index (χ2v) is 4.81. The van der Waals surface area contributed by atoms with Crippen LogP contribution in [-0.4, -0.2) is 48.0 Å². The molecule has 0 fully saturated rings. The maximum Gasteiger partial charge on any atom is 0.307 e. The second kappa shape index (κ2) is 8.05. The quantitative estimate of drug-likeness (QED) is 0.527. The van der Waals surface area contributed by atoms with E-state index in [9.17, 15) is 14.7 Å². The van der Waals surface area contributed by atoms with Crippen LogP contribution >= 0.6 is 0 Å². The highest BCUT2D eigenvalue weighted by molar-refractivity contribution is 5.81. The summed E-state index contributed by atoms with van der Waals surface area (Å²) in [5, 5.41) is 21.1. The first kappa shape index (κ1) is 16.9. The van der Waals surface area contributed by atoms with Crippen molar-refractivity contribution in [1.29, 1.82) is 0 Å². The summed E-state index contributed by atoms with van der Waals surface area (Å²) in [6.45, 7) is 5.22. The molecule has 3 N–H and O–H groups in total. The summed E-state index contributed by atoms with van der Waals surface area (Å²) < 4.78 is 4.83. The minimum atomic E-state index is -1.31. The fraction of sp³-hybridized carbons (Fsp3) is 0.833. The number of rotatable bonds is 8. The van der Waals surface area contributed by atoms with Crippen molar-refractivity contribution < 1.29 is 24.5 Å². The van der Waals surface area contributed by atoms with Gasteiger partial charge in [-0.3, -0.25) is 9.59 Å². The Morgan fingerprint density at radius 2 is 2.00 bits per heavy atom. The first-order valence-corrected chi connectivity index (χ1v) is 6.07. The van der Waals surface area contributed by atoms with Crippen LogP contribution in [0.15, 0.2) is 0 Å². The van der Waals surface area contributed by atoms with E-state index in [0.29, 0.717) is 6.61 Å². The highest BCUT2D eigenvalue weighted by Gasteiger charge is 2.32. The average Bonchev–Trinajstić information content (AvgIpc) is 2.35. The Bertz CT molecular complexity index is 278. The van der Waals surface area contributed by atoms with Gasteiger partial charge in [0.2, 0.25) is 5.91 Å². The van der Waals surface area contributed by atoms with Crippen LogP contribution in [0.1, 0.15) is 33.6 Å². The molecule has 0 aromatic carbocycles. The van der Waals surface area contributed by atoms with Gasteiger partial charge in [-0.05, 0) is 6.42 Å². The number of hydrogen-bond acceptors (Lipinski definition) is 5. The van der Waals surface area contributed by atoms with Crippen LogP contribution in [0, 0.1) is 5.41 Å². The van der Waals surface area contributed by atoms with Gasteiger partial charge in [-0.25, -0.2) is 0 Å². The van der Waals surface area contributed by atoms with Crippen LogP contribution < -0.4 is 5.32 Å². The number of aliphatic hydroxyl groups is 2. The fourth-order valence-corrected chi connectivity index (χ4v) is 1.11. The third-order valence-corrected chi connectivity index (χ3v) is 2.49. The Balaban J connectivity index is 3.94. The van der Waals surface area contributed by atoms with Gasteiger partial charge in [0.25, 0.3) is 0 Å². The smallest absolute Gasteiger partial charge is 0.307 e. The summed E-state index contributed by atoms with van der Waals surface area (Å²) >= 11 is 0. The summed E-state index contributed by atoms with van der Waals surface area (Å²) in [5.41, 5.74) is -0.910. The van der Waals surface area contributed by atoms with Crippen molar-refractivity contribution in [2.75, 3.05) is 19.8 Å². The molecule has 0 aromatic rings. The minimum absolute atomic E-state index is 0.0675. The van der Waals surface area contributed by atoms with E-state index < -0.39 is 17.4 Å². The molecule has 6 nitrogen and oxygen atoms in total. The van der Waals surface area contributed by atoms with E-state index in [0.717, 1.165) is 6.42 Å². The van der Waals surface area contributed by atoms with Crippen molar-refractivity contribution in [3.63, 3.8) is 0 Å². The molecule has 0 saturated carbocycles. The van der Waals surface area contributed by atoms with Crippen molar-refractivity contribution in [2.45, 2.75) is 39.7 Å². The molecule has 0 aliphatic carbocycles. The number of aliphatic hydroxyl groups excluding tert-OH is 2. The summed E-state index contributed by atoms with van der Waals surface area (Å²) in [7, 11) is 0. The summed E-state index contributed by atoms with van der Waals surface area (Å²) in [5.74, 6) is -0.981. The van der Waals surface area contributed by atoms with Crippen LogP contribution in [0.25, 0.3) is 0 Å². The molecular weight excluding hydrogens is 238 g/mol. The lowest BCUT2D eigenvalue weighted by atomic mass is 9.87. The fourth-order valence-electron chi connectivity index (χ4n) is 1.11. The molecule has 0 radical (unpaired) electrons. The Kier molecular flexibility index (Phi) is 7.54. The van der Waals surface area contributed by atoms with E-state index in [-0.39, 0.29) is 25.5 Å². The van der Waals surface area contributed by atoms with Crippen LogP contribution in [0.5, 0.6) is 0 Å². The molecule has 18 heavy (non-hydrogen) atoms. The average molecular weight is 261 g/mol. The van der Waals surface area contributed by atoms with Crippen molar-refractivity contribution in [1.82, 2.24) is 5.32 Å². The van der Waals surface area contributed by atoms with Crippen molar-refractivity contribution >= 4 is 11.9 Å². The molecule has 0 saturated heterocycles. The number of hydrogen-bond donors (Lipinski definition) is 3. The van der Waals surface area contributed by atoms with E-state index in [1.165, 1.54) is 0 Å². The first-order valence-electron chi connectivity index (χ1n) is 6.07. The van der Waals surface area contributed by atoms with E-state index in [1.54, 1.807) is 13.8 Å². The monoisotopic (exact) mass is 261 g/mol. The van der Waals surface area contributed by atoms with Crippen LogP contribution in [0.3, 0.4) is 0 Å². The van der Waals surface area contributed by atoms with Crippen LogP contribution in [0.4, 0.5) is 0 Å². The molecule has 1 unspecified atom stereocenters. The standard InChI is InChI=1S/C12H23NO5/c1-4-7-18-9(15)5-6-13-11(17)10(16)12(2,3)8-14/h10,14,16H,4-8H2,1-3H3,(H,13,17). The summed E-state index contributed by atoms with van der Waals surface area (Å²) in [6.07, 6.45) is -0.492. The zero-order chi connectivity index (χ0) is 14.2. The van der Waals surface area contributed by atoms with E-state index in [2.05, 4.69) is 5.32 Å². The molecule has 1 amide bonds. The molecular formula is C12H23NO5. The predicted octanol–water partition coefficient (Wildman–Crippen LogP) is -0.175. The Labute approximate surface area is 107 Å². The Hall–Kier alpha value is -1.14. The van der Waals surface area contributed by atoms with Gasteiger partial charge in [-0.15, -0.1) is 0 Å². The Morgan fingerprint density at radius 3 is 2.50 bits per heavy atom. The molecule has 106 valence electrons.